The minimum absolute atomic E-state index is 0. The Bertz CT molecular complexity index is 184. The number of carbonyl (C=O) groups is 2. The number of hydrogen-bond donors (Lipinski definition) is 1. The van der Waals surface area contributed by atoms with Gasteiger partial charge in [0.05, 0.1) is 0 Å². The summed E-state index contributed by atoms with van der Waals surface area (Å²) in [6.45, 7) is 0. The molecule has 0 fully saturated rings. The van der Waals surface area contributed by atoms with Gasteiger partial charge in [-0.05, 0) is 0 Å². The van der Waals surface area contributed by atoms with Gasteiger partial charge >= 0.3 is 0 Å². The quantitative estimate of drug-likeness (QED) is 0.254. The second-order valence-electron chi connectivity index (χ2n) is 1.81. The Morgan fingerprint density at radius 1 is 0.846 bits per heavy atom. The first-order chi connectivity index (χ1) is 5.81. The molecule has 5 heteroatoms. The molecule has 2 N–H and O–H groups in total. The number of amides is 2. The van der Waals surface area contributed by atoms with Crippen molar-refractivity contribution >= 4 is 12.8 Å². The van der Waals surface area contributed by atoms with E-state index in [-0.39, 0.29) is 29.9 Å². The largest absolute Gasteiger partial charge is 0.277 e. The summed E-state index contributed by atoms with van der Waals surface area (Å²) < 4.78 is 0. The van der Waals surface area contributed by atoms with Crippen LogP contribution in [0, 0.1) is 0 Å². The van der Waals surface area contributed by atoms with Crippen molar-refractivity contribution in [1.29, 1.82) is 0 Å². The zero-order valence-electron chi connectivity index (χ0n) is 6.84. The second-order valence-corrected chi connectivity index (χ2v) is 1.81. The van der Waals surface area contributed by atoms with Crippen molar-refractivity contribution < 1.29 is 26.7 Å². The minimum Gasteiger partial charge on any atom is -0.277 e. The van der Waals surface area contributed by atoms with Crippen molar-refractivity contribution in [1.82, 2.24) is 5.01 Å². The van der Waals surface area contributed by atoms with Gasteiger partial charge in [0.1, 0.15) is 0 Å². The van der Waals surface area contributed by atoms with Crippen molar-refractivity contribution in [2.75, 3.05) is 0 Å². The molecule has 0 saturated heterocycles. The summed E-state index contributed by atoms with van der Waals surface area (Å²) >= 11 is 0. The van der Waals surface area contributed by atoms with Crippen molar-refractivity contribution in [3.8, 4) is 0 Å². The van der Waals surface area contributed by atoms with Crippen LogP contribution >= 0.6 is 0 Å². The fourth-order valence-corrected chi connectivity index (χ4v) is 0.410. The number of benzene rings is 1. The average Bonchev–Trinajstić information content (AvgIpc) is 2.20. The van der Waals surface area contributed by atoms with Gasteiger partial charge in [0.15, 0.2) is 0 Å². The van der Waals surface area contributed by atoms with Crippen molar-refractivity contribution in [3.63, 3.8) is 0 Å². The molecule has 0 saturated carbocycles. The monoisotopic (exact) mass is 221 g/mol. The predicted octanol–water partition coefficient (Wildman–Crippen LogP) is 0.159. The number of nitrogens with two attached hydrogens (primary N) is 1. The summed E-state index contributed by atoms with van der Waals surface area (Å²) in [7, 11) is 0. The number of carbonyl (C=O) groups excluding carboxylic acids is 2. The number of hydrogen-bond acceptors (Lipinski definition) is 3. The van der Waals surface area contributed by atoms with Crippen LogP contribution in [-0.4, -0.2) is 17.8 Å². The van der Waals surface area contributed by atoms with E-state index in [2.05, 4.69) is 5.84 Å². The summed E-state index contributed by atoms with van der Waals surface area (Å²) in [5.74, 6) is 4.57. The fraction of sp³-hybridized carbons (Fsp3) is 0. The smallest absolute Gasteiger partial charge is 0.230 e. The zero-order chi connectivity index (χ0) is 9.23. The molecule has 1 aromatic rings. The molecule has 0 heterocycles. The first-order valence-electron chi connectivity index (χ1n) is 3.25. The summed E-state index contributed by atoms with van der Waals surface area (Å²) in [6, 6.07) is 12.0. The molecule has 13 heavy (non-hydrogen) atoms. The van der Waals surface area contributed by atoms with Gasteiger partial charge in [0.2, 0.25) is 12.8 Å². The van der Waals surface area contributed by atoms with E-state index in [1.165, 1.54) is 0 Å². The maximum Gasteiger partial charge on any atom is 0.230 e. The topological polar surface area (TPSA) is 63.4 Å². The van der Waals surface area contributed by atoms with Crippen molar-refractivity contribution in [2.24, 2.45) is 5.84 Å². The summed E-state index contributed by atoms with van der Waals surface area (Å²) in [5.41, 5.74) is 0. The van der Waals surface area contributed by atoms with Crippen molar-refractivity contribution in [3.05, 3.63) is 36.4 Å². The Hall–Kier alpha value is -1.16. The molecule has 0 aliphatic rings. The molecule has 0 aliphatic carbocycles. The molecular formula is C8H10MnN2O2. The van der Waals surface area contributed by atoms with Crippen LogP contribution in [-0.2, 0) is 26.7 Å². The van der Waals surface area contributed by atoms with Crippen LogP contribution < -0.4 is 5.84 Å². The van der Waals surface area contributed by atoms with Gasteiger partial charge in [-0.15, -0.1) is 0 Å². The number of nitrogens with zero attached hydrogens (tertiary/aromatic N) is 1. The number of hydrazine groups is 1. The number of rotatable bonds is 2. The molecule has 0 bridgehead atoms. The molecule has 0 unspecified atom stereocenters. The van der Waals surface area contributed by atoms with Gasteiger partial charge < -0.3 is 0 Å². The van der Waals surface area contributed by atoms with E-state index < -0.39 is 0 Å². The Labute approximate surface area is 87.2 Å². The normalized spacial score (nSPS) is 6.85. The molecule has 1 radical (unpaired) electrons. The van der Waals surface area contributed by atoms with Crippen LogP contribution in [0.2, 0.25) is 0 Å². The summed E-state index contributed by atoms with van der Waals surface area (Å²) in [4.78, 5) is 18.6. The second kappa shape index (κ2) is 10.8. The van der Waals surface area contributed by atoms with E-state index >= 15 is 0 Å². The van der Waals surface area contributed by atoms with Crippen LogP contribution in [0.3, 0.4) is 0 Å². The molecule has 2 amide bonds. The van der Waals surface area contributed by atoms with Crippen LogP contribution in [0.25, 0.3) is 0 Å². The van der Waals surface area contributed by atoms with E-state index in [0.29, 0.717) is 5.01 Å². The molecule has 71 valence electrons. The first kappa shape index (κ1) is 14.4. The van der Waals surface area contributed by atoms with Gasteiger partial charge in [-0.25, -0.2) is 10.9 Å². The van der Waals surface area contributed by atoms with E-state index in [4.69, 9.17) is 0 Å². The van der Waals surface area contributed by atoms with Gasteiger partial charge in [-0.3, -0.25) is 9.59 Å². The molecule has 1 rings (SSSR count). The summed E-state index contributed by atoms with van der Waals surface area (Å²) in [5, 5.41) is 0.389. The molecule has 0 aliphatic heterocycles. The zero-order valence-corrected chi connectivity index (χ0v) is 8.02. The molecule has 1 aromatic carbocycles. The van der Waals surface area contributed by atoms with Crippen LogP contribution in [0.5, 0.6) is 0 Å². The van der Waals surface area contributed by atoms with Gasteiger partial charge in [-0.1, -0.05) is 36.4 Å². The summed E-state index contributed by atoms with van der Waals surface area (Å²) in [6.07, 6.45) is 0.431. The average molecular weight is 221 g/mol. The van der Waals surface area contributed by atoms with Crippen LogP contribution in [0.15, 0.2) is 36.4 Å². The Balaban J connectivity index is 0. The Kier molecular flexibility index (Phi) is 12.0. The fourth-order valence-electron chi connectivity index (χ4n) is 0.410. The maximum atomic E-state index is 9.31. The third-order valence-electron chi connectivity index (χ3n) is 0.910. The Morgan fingerprint density at radius 2 is 1.08 bits per heavy atom. The van der Waals surface area contributed by atoms with Crippen LogP contribution in [0.4, 0.5) is 0 Å². The van der Waals surface area contributed by atoms with E-state index in [9.17, 15) is 9.59 Å². The predicted molar refractivity (Wildman–Crippen MR) is 44.6 cm³/mol. The first-order valence-corrected chi connectivity index (χ1v) is 3.25. The van der Waals surface area contributed by atoms with E-state index in [1.54, 1.807) is 0 Å². The van der Waals surface area contributed by atoms with Gasteiger partial charge in [-0.2, -0.15) is 0 Å². The standard InChI is InChI=1S/C6H6.C2H4N2O2.Mn/c1-2-4-6-5-3-1;3-4(1-5)2-6;/h1-6H;1-2H,3H2;. The maximum absolute atomic E-state index is 9.31. The van der Waals surface area contributed by atoms with Crippen molar-refractivity contribution in [2.45, 2.75) is 0 Å². The SMILES string of the molecule is NN(C=O)C=O.[Mn].c1ccccc1. The van der Waals surface area contributed by atoms with Crippen LogP contribution in [0.1, 0.15) is 0 Å². The molecule has 0 atom stereocenters. The van der Waals surface area contributed by atoms with Gasteiger partial charge in [0.25, 0.3) is 0 Å². The molecular weight excluding hydrogens is 211 g/mol. The van der Waals surface area contributed by atoms with E-state index in [0.717, 1.165) is 0 Å². The minimum atomic E-state index is 0. The number of imide groups is 1. The molecule has 0 spiro atoms. The molecule has 4 nitrogen and oxygen atoms in total. The molecule has 0 aromatic heterocycles. The van der Waals surface area contributed by atoms with Gasteiger partial charge in [0, 0.05) is 17.1 Å². The Morgan fingerprint density at radius 3 is 1.15 bits per heavy atom. The third kappa shape index (κ3) is 10.8. The van der Waals surface area contributed by atoms with E-state index in [1.807, 2.05) is 36.4 Å². The third-order valence-corrected chi connectivity index (χ3v) is 0.910.